The van der Waals surface area contributed by atoms with Crippen LogP contribution in [0.4, 0.5) is 4.79 Å². The standard InChI is InChI=1S/CH3NO2.Mo.2H2O/c2-1(3)4;;;/h2H2,(H,3,4);;2*1H2/q;+3;;/p-3. The van der Waals surface area contributed by atoms with E-state index in [2.05, 4.69) is 9.12 Å². The van der Waals surface area contributed by atoms with Crippen LogP contribution in [-0.4, -0.2) is 13.6 Å². The third-order valence-electron chi connectivity index (χ3n) is 0.157. The van der Waals surface area contributed by atoms with Crippen LogP contribution in [0.25, 0.3) is 0 Å². The SMILES string of the molecule is NC(=O)[O][Mo]([OH])[OH]. The van der Waals surface area contributed by atoms with Gasteiger partial charge < -0.3 is 0 Å². The molecule has 1 amide bonds. The molecule has 6 heteroatoms. The van der Waals surface area contributed by atoms with Crippen LogP contribution < -0.4 is 5.73 Å². The molecule has 4 N–H and O–H groups in total. The van der Waals surface area contributed by atoms with Gasteiger partial charge in [-0.05, 0) is 0 Å². The van der Waals surface area contributed by atoms with E-state index in [-0.39, 0.29) is 0 Å². The van der Waals surface area contributed by atoms with Gasteiger partial charge in [0, 0.05) is 0 Å². The van der Waals surface area contributed by atoms with Crippen LogP contribution in [0.1, 0.15) is 0 Å². The molecule has 0 heterocycles. The van der Waals surface area contributed by atoms with Crippen molar-refractivity contribution in [3.63, 3.8) is 0 Å². The monoisotopic (exact) mass is 192 g/mol. The first-order chi connectivity index (χ1) is 3.13. The number of carbonyl (C=O) groups excluding carboxylic acids is 1. The van der Waals surface area contributed by atoms with Gasteiger partial charge >= 0.3 is 46.0 Å². The fourth-order valence-corrected chi connectivity index (χ4v) is 0.435. The number of nitrogens with two attached hydrogens (primary N) is 1. The molecule has 0 unspecified atom stereocenters. The molecule has 0 rings (SSSR count). The van der Waals surface area contributed by atoms with Gasteiger partial charge in [0.05, 0.1) is 0 Å². The molecule has 43 valence electrons. The van der Waals surface area contributed by atoms with E-state index < -0.39 is 24.5 Å². The summed E-state index contributed by atoms with van der Waals surface area (Å²) in [6.45, 7) is 0. The third-order valence-corrected chi connectivity index (χ3v) is 0.927. The summed E-state index contributed by atoms with van der Waals surface area (Å²) in [5, 5.41) is 0. The summed E-state index contributed by atoms with van der Waals surface area (Å²) in [5.74, 6) is 0. The summed E-state index contributed by atoms with van der Waals surface area (Å²) in [6, 6.07) is 0. The second-order valence-corrected chi connectivity index (χ2v) is 2.18. The quantitative estimate of drug-likeness (QED) is 0.435. The van der Waals surface area contributed by atoms with Crippen LogP contribution in [0.15, 0.2) is 0 Å². The molecule has 0 aromatic carbocycles. The minimum atomic E-state index is -3.45. The van der Waals surface area contributed by atoms with Gasteiger partial charge in [-0.25, -0.2) is 0 Å². The van der Waals surface area contributed by atoms with Gasteiger partial charge in [-0.15, -0.1) is 0 Å². The third kappa shape index (κ3) is 5.88. The van der Waals surface area contributed by atoms with Gasteiger partial charge in [0.1, 0.15) is 0 Å². The zero-order valence-corrected chi connectivity index (χ0v) is 5.20. The number of primary amides is 1. The molecule has 0 fully saturated rings. The molecule has 0 saturated carbocycles. The average Bonchev–Trinajstić information content (AvgIpc) is 1.27. The Labute approximate surface area is 46.6 Å². The predicted octanol–water partition coefficient (Wildman–Crippen LogP) is -1.57. The molecule has 0 spiro atoms. The number of amides is 1. The van der Waals surface area contributed by atoms with Crippen LogP contribution in [0, 0.1) is 0 Å². The minimum absolute atomic E-state index is 1.14. The van der Waals surface area contributed by atoms with Gasteiger partial charge in [-0.1, -0.05) is 0 Å². The normalized spacial score (nSPS) is 9.00. The van der Waals surface area contributed by atoms with Crippen molar-refractivity contribution in [1.82, 2.24) is 0 Å². The van der Waals surface area contributed by atoms with Crippen LogP contribution in [0.3, 0.4) is 0 Å². The van der Waals surface area contributed by atoms with Crippen molar-refractivity contribution in [1.29, 1.82) is 0 Å². The van der Waals surface area contributed by atoms with Crippen molar-refractivity contribution < 1.29 is 34.2 Å². The summed E-state index contributed by atoms with van der Waals surface area (Å²) in [5.41, 5.74) is 4.35. The Balaban J connectivity index is 3.13. The maximum absolute atomic E-state index is 9.53. The number of rotatable bonds is 1. The molecule has 0 aliphatic rings. The molecular weight excluding hydrogens is 186 g/mol. The Morgan fingerprint density at radius 1 is 1.71 bits per heavy atom. The molecule has 0 aliphatic carbocycles. The van der Waals surface area contributed by atoms with Crippen LogP contribution in [-0.2, 0) is 21.8 Å². The van der Waals surface area contributed by atoms with Crippen molar-refractivity contribution in [3.05, 3.63) is 0 Å². The molecule has 0 aliphatic heterocycles. The molecule has 0 saturated heterocycles. The first-order valence-electron chi connectivity index (χ1n) is 1.23. The predicted molar refractivity (Wildman–Crippen MR) is 15.1 cm³/mol. The summed E-state index contributed by atoms with van der Waals surface area (Å²) < 4.78 is 19.5. The Kier molecular flexibility index (Phi) is 2.91. The molecule has 0 aromatic rings. The second kappa shape index (κ2) is 2.96. The van der Waals surface area contributed by atoms with Crippen molar-refractivity contribution in [3.8, 4) is 0 Å². The van der Waals surface area contributed by atoms with E-state index in [9.17, 15) is 4.79 Å². The topological polar surface area (TPSA) is 92.8 Å². The maximum atomic E-state index is 9.53. The summed E-state index contributed by atoms with van der Waals surface area (Å²) in [6.07, 6.45) is -1.14. The number of hydrogen-bond acceptors (Lipinski definition) is 4. The molecule has 7 heavy (non-hydrogen) atoms. The Hall–Kier alpha value is -0.122. The molecule has 0 bridgehead atoms. The Morgan fingerprint density at radius 2 is 2.14 bits per heavy atom. The van der Waals surface area contributed by atoms with Gasteiger partial charge in [-0.3, -0.25) is 0 Å². The molecule has 0 radical (unpaired) electrons. The number of hydrogen-bond donors (Lipinski definition) is 3. The van der Waals surface area contributed by atoms with E-state index in [0.717, 1.165) is 0 Å². The first kappa shape index (κ1) is 6.88. The van der Waals surface area contributed by atoms with E-state index in [1.54, 1.807) is 0 Å². The van der Waals surface area contributed by atoms with Crippen molar-refractivity contribution in [2.24, 2.45) is 5.73 Å². The van der Waals surface area contributed by atoms with E-state index in [0.29, 0.717) is 0 Å². The summed E-state index contributed by atoms with van der Waals surface area (Å²) in [4.78, 5) is 9.53. The van der Waals surface area contributed by atoms with Gasteiger partial charge in [0.25, 0.3) is 0 Å². The van der Waals surface area contributed by atoms with E-state index in [1.807, 2.05) is 0 Å². The zero-order chi connectivity index (χ0) is 5.86. The van der Waals surface area contributed by atoms with E-state index >= 15 is 0 Å². The van der Waals surface area contributed by atoms with Crippen molar-refractivity contribution in [2.75, 3.05) is 0 Å². The fraction of sp³-hybridized carbons (Fsp3) is 0. The molecular formula is CH4MoNO4. The van der Waals surface area contributed by atoms with Gasteiger partial charge in [0.15, 0.2) is 0 Å². The Morgan fingerprint density at radius 3 is 2.14 bits per heavy atom. The summed E-state index contributed by atoms with van der Waals surface area (Å²) >= 11 is -3.45. The summed E-state index contributed by atoms with van der Waals surface area (Å²) in [7, 11) is 0. The van der Waals surface area contributed by atoms with Crippen molar-refractivity contribution in [2.45, 2.75) is 0 Å². The Bertz CT molecular complexity index is 72.1. The second-order valence-electron chi connectivity index (χ2n) is 0.633. The van der Waals surface area contributed by atoms with Gasteiger partial charge in [0.2, 0.25) is 0 Å². The average molecular weight is 190 g/mol. The van der Waals surface area contributed by atoms with Crippen LogP contribution in [0.2, 0.25) is 0 Å². The van der Waals surface area contributed by atoms with E-state index in [1.165, 1.54) is 0 Å². The van der Waals surface area contributed by atoms with Crippen LogP contribution in [0.5, 0.6) is 0 Å². The fourth-order valence-electron chi connectivity index (χ4n) is 0.0735. The van der Waals surface area contributed by atoms with E-state index in [4.69, 9.17) is 7.52 Å². The first-order valence-corrected chi connectivity index (χ1v) is 3.84. The molecule has 0 atom stereocenters. The van der Waals surface area contributed by atoms with Crippen molar-refractivity contribution >= 4 is 6.09 Å². The number of carbonyl (C=O) groups is 1. The molecule has 5 nitrogen and oxygen atoms in total. The molecule has 0 aromatic heterocycles. The zero-order valence-electron chi connectivity index (χ0n) is 3.20. The van der Waals surface area contributed by atoms with Gasteiger partial charge in [-0.2, -0.15) is 0 Å². The van der Waals surface area contributed by atoms with Crippen LogP contribution >= 0.6 is 0 Å².